The van der Waals surface area contributed by atoms with Crippen molar-refractivity contribution in [3.8, 4) is 0 Å². The molecule has 0 bridgehead atoms. The molecule has 1 aliphatic rings. The Morgan fingerprint density at radius 3 is 2.86 bits per heavy atom. The minimum Gasteiger partial charge on any atom is -0.378 e. The predicted molar refractivity (Wildman–Crippen MR) is 60.5 cm³/mol. The van der Waals surface area contributed by atoms with Crippen molar-refractivity contribution < 1.29 is 4.74 Å². The predicted octanol–water partition coefficient (Wildman–Crippen LogP) is 2.58. The van der Waals surface area contributed by atoms with Crippen molar-refractivity contribution >= 4 is 0 Å². The highest BCUT2D eigenvalue weighted by Crippen LogP contribution is 2.24. The number of rotatable bonds is 5. The number of nitrogens with one attached hydrogen (secondary N) is 1. The molecule has 1 heterocycles. The van der Waals surface area contributed by atoms with Crippen LogP contribution in [0.2, 0.25) is 0 Å². The van der Waals surface area contributed by atoms with E-state index in [2.05, 4.69) is 26.1 Å². The van der Waals surface area contributed by atoms with Crippen LogP contribution in [0.1, 0.15) is 46.5 Å². The van der Waals surface area contributed by atoms with Gasteiger partial charge in [-0.15, -0.1) is 0 Å². The van der Waals surface area contributed by atoms with Crippen molar-refractivity contribution in [1.29, 1.82) is 0 Å². The Labute approximate surface area is 88.4 Å². The van der Waals surface area contributed by atoms with Crippen LogP contribution in [0.3, 0.4) is 0 Å². The van der Waals surface area contributed by atoms with E-state index in [0.29, 0.717) is 12.1 Å². The largest absolute Gasteiger partial charge is 0.378 e. The molecule has 0 spiro atoms. The Balaban J connectivity index is 2.27. The van der Waals surface area contributed by atoms with Crippen LogP contribution < -0.4 is 5.32 Å². The molecule has 2 heteroatoms. The van der Waals surface area contributed by atoms with Crippen molar-refractivity contribution in [1.82, 2.24) is 5.32 Å². The third kappa shape index (κ3) is 3.58. The second-order valence-electron chi connectivity index (χ2n) is 4.43. The van der Waals surface area contributed by atoms with Gasteiger partial charge in [-0.2, -0.15) is 0 Å². The second-order valence-corrected chi connectivity index (χ2v) is 4.43. The first-order chi connectivity index (χ1) is 6.77. The molecule has 0 amide bonds. The summed E-state index contributed by atoms with van der Waals surface area (Å²) in [6.45, 7) is 8.87. The van der Waals surface area contributed by atoms with Crippen LogP contribution in [0, 0.1) is 5.92 Å². The first-order valence-electron chi connectivity index (χ1n) is 6.12. The van der Waals surface area contributed by atoms with E-state index < -0.39 is 0 Å². The molecule has 2 nitrogen and oxygen atoms in total. The number of hydrogen-bond acceptors (Lipinski definition) is 2. The molecule has 14 heavy (non-hydrogen) atoms. The molecule has 1 rings (SSSR count). The Morgan fingerprint density at radius 1 is 1.43 bits per heavy atom. The van der Waals surface area contributed by atoms with Crippen LogP contribution in [0.4, 0.5) is 0 Å². The summed E-state index contributed by atoms with van der Waals surface area (Å²) in [4.78, 5) is 0. The van der Waals surface area contributed by atoms with Crippen LogP contribution in [-0.2, 0) is 4.74 Å². The Bertz CT molecular complexity index is 149. The zero-order valence-corrected chi connectivity index (χ0v) is 9.88. The average Bonchev–Trinajstić information content (AvgIpc) is 2.26. The fourth-order valence-electron chi connectivity index (χ4n) is 2.19. The van der Waals surface area contributed by atoms with Crippen molar-refractivity contribution in [3.63, 3.8) is 0 Å². The van der Waals surface area contributed by atoms with Gasteiger partial charge in [0.15, 0.2) is 0 Å². The molecule has 0 saturated carbocycles. The van der Waals surface area contributed by atoms with Gasteiger partial charge < -0.3 is 10.1 Å². The third-order valence-corrected chi connectivity index (χ3v) is 3.29. The standard InChI is InChI=1S/C12H25NO/c1-4-7-13-10(3)11-6-8-14-12(5-2)9-11/h10-13H,4-9H2,1-3H3. The summed E-state index contributed by atoms with van der Waals surface area (Å²) in [6.07, 6.45) is 5.38. The van der Waals surface area contributed by atoms with Crippen LogP contribution in [-0.4, -0.2) is 25.3 Å². The summed E-state index contributed by atoms with van der Waals surface area (Å²) in [7, 11) is 0. The summed E-state index contributed by atoms with van der Waals surface area (Å²) in [5.41, 5.74) is 0. The normalized spacial score (nSPS) is 30.2. The fourth-order valence-corrected chi connectivity index (χ4v) is 2.19. The van der Waals surface area contributed by atoms with Crippen LogP contribution in [0.25, 0.3) is 0 Å². The highest BCUT2D eigenvalue weighted by atomic mass is 16.5. The maximum absolute atomic E-state index is 5.68. The van der Waals surface area contributed by atoms with Gasteiger partial charge in [-0.05, 0) is 45.1 Å². The summed E-state index contributed by atoms with van der Waals surface area (Å²) >= 11 is 0. The van der Waals surface area contributed by atoms with Crippen molar-refractivity contribution in [3.05, 3.63) is 0 Å². The number of hydrogen-bond donors (Lipinski definition) is 1. The van der Waals surface area contributed by atoms with Crippen LogP contribution >= 0.6 is 0 Å². The molecular formula is C12H25NO. The lowest BCUT2D eigenvalue weighted by Gasteiger charge is -2.33. The minimum atomic E-state index is 0.514. The van der Waals surface area contributed by atoms with Gasteiger partial charge in [0.1, 0.15) is 0 Å². The lowest BCUT2D eigenvalue weighted by molar-refractivity contribution is -0.0171. The highest BCUT2D eigenvalue weighted by Gasteiger charge is 2.25. The van der Waals surface area contributed by atoms with E-state index in [1.165, 1.54) is 19.3 Å². The molecule has 0 aromatic carbocycles. The van der Waals surface area contributed by atoms with E-state index in [-0.39, 0.29) is 0 Å². The van der Waals surface area contributed by atoms with Gasteiger partial charge in [0.25, 0.3) is 0 Å². The summed E-state index contributed by atoms with van der Waals surface area (Å²) in [6, 6.07) is 0.660. The topological polar surface area (TPSA) is 21.3 Å². The van der Waals surface area contributed by atoms with Crippen molar-refractivity contribution in [2.24, 2.45) is 5.92 Å². The SMILES string of the molecule is CCCNC(C)C1CCOC(CC)C1. The molecule has 3 atom stereocenters. The first kappa shape index (κ1) is 12.0. The molecule has 0 aliphatic carbocycles. The molecule has 3 unspecified atom stereocenters. The van der Waals surface area contributed by atoms with Gasteiger partial charge in [-0.3, -0.25) is 0 Å². The quantitative estimate of drug-likeness (QED) is 0.735. The van der Waals surface area contributed by atoms with Crippen LogP contribution in [0.15, 0.2) is 0 Å². The van der Waals surface area contributed by atoms with Gasteiger partial charge in [0, 0.05) is 12.6 Å². The lowest BCUT2D eigenvalue weighted by atomic mass is 9.88. The maximum atomic E-state index is 5.68. The summed E-state index contributed by atoms with van der Waals surface area (Å²) < 4.78 is 5.68. The molecule has 0 aromatic rings. The summed E-state index contributed by atoms with van der Waals surface area (Å²) in [5.74, 6) is 0.820. The molecule has 0 aromatic heterocycles. The smallest absolute Gasteiger partial charge is 0.0575 e. The molecule has 1 saturated heterocycles. The molecule has 0 radical (unpaired) electrons. The lowest BCUT2D eigenvalue weighted by Crippen LogP contribution is -2.39. The Morgan fingerprint density at radius 2 is 2.21 bits per heavy atom. The average molecular weight is 199 g/mol. The maximum Gasteiger partial charge on any atom is 0.0575 e. The van der Waals surface area contributed by atoms with E-state index >= 15 is 0 Å². The second kappa shape index (κ2) is 6.41. The van der Waals surface area contributed by atoms with Gasteiger partial charge >= 0.3 is 0 Å². The molecule has 1 aliphatic heterocycles. The summed E-state index contributed by atoms with van der Waals surface area (Å²) in [5, 5.41) is 3.59. The van der Waals surface area contributed by atoms with Gasteiger partial charge in [0.05, 0.1) is 6.10 Å². The van der Waals surface area contributed by atoms with E-state index in [9.17, 15) is 0 Å². The molecule has 84 valence electrons. The van der Waals surface area contributed by atoms with E-state index in [0.717, 1.165) is 25.5 Å². The Hall–Kier alpha value is -0.0800. The monoisotopic (exact) mass is 199 g/mol. The fraction of sp³-hybridized carbons (Fsp3) is 1.00. The minimum absolute atomic E-state index is 0.514. The molecule has 1 fully saturated rings. The zero-order chi connectivity index (χ0) is 10.4. The van der Waals surface area contributed by atoms with Crippen molar-refractivity contribution in [2.45, 2.75) is 58.6 Å². The van der Waals surface area contributed by atoms with Gasteiger partial charge in [-0.1, -0.05) is 13.8 Å². The Kier molecular flexibility index (Phi) is 5.49. The zero-order valence-electron chi connectivity index (χ0n) is 9.88. The van der Waals surface area contributed by atoms with Crippen LogP contribution in [0.5, 0.6) is 0 Å². The highest BCUT2D eigenvalue weighted by molar-refractivity contribution is 4.78. The van der Waals surface area contributed by atoms with E-state index in [1.54, 1.807) is 0 Å². The third-order valence-electron chi connectivity index (χ3n) is 3.29. The van der Waals surface area contributed by atoms with E-state index in [4.69, 9.17) is 4.74 Å². The number of ether oxygens (including phenoxy) is 1. The van der Waals surface area contributed by atoms with E-state index in [1.807, 2.05) is 0 Å². The van der Waals surface area contributed by atoms with Gasteiger partial charge in [0.2, 0.25) is 0 Å². The molecule has 1 N–H and O–H groups in total. The molecular weight excluding hydrogens is 174 g/mol. The van der Waals surface area contributed by atoms with Gasteiger partial charge in [-0.25, -0.2) is 0 Å². The first-order valence-corrected chi connectivity index (χ1v) is 6.12. The van der Waals surface area contributed by atoms with Crippen molar-refractivity contribution in [2.75, 3.05) is 13.2 Å².